The summed E-state index contributed by atoms with van der Waals surface area (Å²) in [6.07, 6.45) is 7.16. The molecule has 4 rings (SSSR count). The van der Waals surface area contributed by atoms with E-state index < -0.39 is 0 Å². The molecule has 0 aliphatic heterocycles. The molecule has 1 N–H and O–H groups in total. The van der Waals surface area contributed by atoms with Crippen LogP contribution in [-0.2, 0) is 0 Å². The average Bonchev–Trinajstić information content (AvgIpc) is 3.30. The molecule has 3 aromatic heterocycles. The smallest absolute Gasteiger partial charge is 0.202 e. The molecule has 0 aliphatic rings. The number of aryl methyl sites for hydroxylation is 1. The second-order valence-electron chi connectivity index (χ2n) is 5.63. The third-order valence-electron chi connectivity index (χ3n) is 3.85. The van der Waals surface area contributed by atoms with E-state index in [2.05, 4.69) is 4.98 Å². The lowest BCUT2D eigenvalue weighted by Gasteiger charge is -2.01. The molecule has 6 heteroatoms. The SMILES string of the molecule is Cc1cn2c(/C=C/C(=O)c3ccc[nH]3)c(-c3ccc(Cl)cc3)nc2s1. The maximum absolute atomic E-state index is 12.3. The number of rotatable bonds is 4. The van der Waals surface area contributed by atoms with Crippen molar-refractivity contribution in [2.75, 3.05) is 0 Å². The number of hydrogen-bond donors (Lipinski definition) is 1. The number of aromatic amines is 1. The number of benzene rings is 1. The van der Waals surface area contributed by atoms with Gasteiger partial charge in [-0.2, -0.15) is 0 Å². The predicted molar refractivity (Wildman–Crippen MR) is 102 cm³/mol. The van der Waals surface area contributed by atoms with Crippen LogP contribution in [0, 0.1) is 6.92 Å². The Kier molecular flexibility index (Phi) is 4.03. The van der Waals surface area contributed by atoms with Gasteiger partial charge in [0.25, 0.3) is 0 Å². The molecule has 124 valence electrons. The zero-order valence-electron chi connectivity index (χ0n) is 13.4. The van der Waals surface area contributed by atoms with Crippen LogP contribution in [0.4, 0.5) is 0 Å². The number of H-pyrrole nitrogens is 1. The first kappa shape index (κ1) is 15.9. The quantitative estimate of drug-likeness (QED) is 0.395. The summed E-state index contributed by atoms with van der Waals surface area (Å²) in [5.41, 5.74) is 3.23. The molecule has 0 saturated carbocycles. The van der Waals surface area contributed by atoms with E-state index in [1.165, 1.54) is 0 Å². The van der Waals surface area contributed by atoms with Crippen molar-refractivity contribution in [3.05, 3.63) is 76.2 Å². The largest absolute Gasteiger partial charge is 0.359 e. The molecule has 0 amide bonds. The summed E-state index contributed by atoms with van der Waals surface area (Å²) in [7, 11) is 0. The van der Waals surface area contributed by atoms with Gasteiger partial charge in [-0.05, 0) is 43.3 Å². The molecule has 4 aromatic rings. The Labute approximate surface area is 153 Å². The van der Waals surface area contributed by atoms with Gasteiger partial charge in [0.1, 0.15) is 0 Å². The van der Waals surface area contributed by atoms with Crippen molar-refractivity contribution in [3.8, 4) is 11.3 Å². The van der Waals surface area contributed by atoms with E-state index in [1.54, 1.807) is 35.7 Å². The number of imidazole rings is 1. The van der Waals surface area contributed by atoms with Crippen LogP contribution < -0.4 is 0 Å². The number of allylic oxidation sites excluding steroid dienone is 1. The zero-order chi connectivity index (χ0) is 17.4. The van der Waals surface area contributed by atoms with E-state index in [0.717, 1.165) is 26.8 Å². The summed E-state index contributed by atoms with van der Waals surface area (Å²) in [6, 6.07) is 11.1. The molecule has 0 aliphatic carbocycles. The summed E-state index contributed by atoms with van der Waals surface area (Å²) in [5.74, 6) is -0.0750. The number of nitrogens with zero attached hydrogens (tertiary/aromatic N) is 2. The van der Waals surface area contributed by atoms with Crippen LogP contribution in [0.3, 0.4) is 0 Å². The summed E-state index contributed by atoms with van der Waals surface area (Å²) >= 11 is 7.61. The molecule has 25 heavy (non-hydrogen) atoms. The molecular formula is C19H14ClN3OS. The van der Waals surface area contributed by atoms with Crippen LogP contribution in [-0.4, -0.2) is 20.2 Å². The standard InChI is InChI=1S/C19H14ClN3OS/c1-12-11-23-16(8-9-17(24)15-3-2-10-21-15)18(22-19(23)25-12)13-4-6-14(20)7-5-13/h2-11,21H,1H3/b9-8+. The molecule has 0 fully saturated rings. The fraction of sp³-hybridized carbons (Fsp3) is 0.0526. The normalized spacial score (nSPS) is 11.6. The summed E-state index contributed by atoms with van der Waals surface area (Å²) < 4.78 is 2.02. The Morgan fingerprint density at radius 2 is 2.08 bits per heavy atom. The third kappa shape index (κ3) is 3.04. The van der Waals surface area contributed by atoms with Crippen molar-refractivity contribution in [2.45, 2.75) is 6.92 Å². The van der Waals surface area contributed by atoms with E-state index in [9.17, 15) is 4.79 Å². The Bertz CT molecular complexity index is 1070. The first-order valence-electron chi connectivity index (χ1n) is 7.72. The van der Waals surface area contributed by atoms with E-state index in [-0.39, 0.29) is 5.78 Å². The summed E-state index contributed by atoms with van der Waals surface area (Å²) in [4.78, 5) is 22.0. The average molecular weight is 368 g/mol. The fourth-order valence-electron chi connectivity index (χ4n) is 2.68. The van der Waals surface area contributed by atoms with Gasteiger partial charge in [0.2, 0.25) is 5.78 Å². The molecule has 3 heterocycles. The first-order chi connectivity index (χ1) is 12.1. The predicted octanol–water partition coefficient (Wildman–Crippen LogP) is 5.25. The number of fused-ring (bicyclic) bond motifs is 1. The third-order valence-corrected chi connectivity index (χ3v) is 5.00. The van der Waals surface area contributed by atoms with Crippen LogP contribution in [0.2, 0.25) is 5.02 Å². The highest BCUT2D eigenvalue weighted by molar-refractivity contribution is 7.17. The van der Waals surface area contributed by atoms with Gasteiger partial charge in [-0.3, -0.25) is 9.20 Å². The minimum atomic E-state index is -0.0750. The van der Waals surface area contributed by atoms with Gasteiger partial charge in [-0.1, -0.05) is 23.7 Å². The maximum atomic E-state index is 12.3. The Morgan fingerprint density at radius 3 is 2.80 bits per heavy atom. The molecule has 1 aromatic carbocycles. The number of aromatic nitrogens is 3. The summed E-state index contributed by atoms with van der Waals surface area (Å²) in [5, 5.41) is 0.680. The van der Waals surface area contributed by atoms with Crippen LogP contribution in [0.25, 0.3) is 22.3 Å². The lowest BCUT2D eigenvalue weighted by Crippen LogP contribution is -1.94. The van der Waals surface area contributed by atoms with E-state index in [1.807, 2.05) is 47.9 Å². The molecule has 0 atom stereocenters. The van der Waals surface area contributed by atoms with Gasteiger partial charge < -0.3 is 4.98 Å². The van der Waals surface area contributed by atoms with Gasteiger partial charge in [0, 0.05) is 27.9 Å². The molecular weight excluding hydrogens is 354 g/mol. The highest BCUT2D eigenvalue weighted by atomic mass is 35.5. The van der Waals surface area contributed by atoms with Crippen molar-refractivity contribution in [1.82, 2.24) is 14.4 Å². The van der Waals surface area contributed by atoms with Crippen LogP contribution in [0.1, 0.15) is 21.1 Å². The van der Waals surface area contributed by atoms with Crippen LogP contribution in [0.5, 0.6) is 0 Å². The van der Waals surface area contributed by atoms with Crippen molar-refractivity contribution in [2.24, 2.45) is 0 Å². The van der Waals surface area contributed by atoms with Crippen molar-refractivity contribution < 1.29 is 4.79 Å². The topological polar surface area (TPSA) is 50.2 Å². The van der Waals surface area contributed by atoms with Crippen LogP contribution >= 0.6 is 22.9 Å². The number of carbonyl (C=O) groups is 1. The maximum Gasteiger partial charge on any atom is 0.202 e. The van der Waals surface area contributed by atoms with Crippen molar-refractivity contribution >= 4 is 39.8 Å². The van der Waals surface area contributed by atoms with E-state index >= 15 is 0 Å². The Balaban J connectivity index is 1.81. The molecule has 0 saturated heterocycles. The van der Waals surface area contributed by atoms with Gasteiger partial charge in [-0.15, -0.1) is 11.3 Å². The number of nitrogens with one attached hydrogen (secondary N) is 1. The van der Waals surface area contributed by atoms with Gasteiger partial charge in [0.05, 0.1) is 17.1 Å². The van der Waals surface area contributed by atoms with Crippen molar-refractivity contribution in [1.29, 1.82) is 0 Å². The second-order valence-corrected chi connectivity index (χ2v) is 7.28. The fourth-order valence-corrected chi connectivity index (χ4v) is 3.64. The van der Waals surface area contributed by atoms with Crippen LogP contribution in [0.15, 0.2) is 54.9 Å². The molecule has 0 spiro atoms. The Morgan fingerprint density at radius 1 is 1.28 bits per heavy atom. The highest BCUT2D eigenvalue weighted by Gasteiger charge is 2.14. The number of halogens is 1. The minimum Gasteiger partial charge on any atom is -0.359 e. The zero-order valence-corrected chi connectivity index (χ0v) is 14.9. The monoisotopic (exact) mass is 367 g/mol. The lowest BCUT2D eigenvalue weighted by atomic mass is 10.1. The van der Waals surface area contributed by atoms with E-state index in [0.29, 0.717) is 10.7 Å². The first-order valence-corrected chi connectivity index (χ1v) is 8.91. The van der Waals surface area contributed by atoms with Crippen molar-refractivity contribution in [3.63, 3.8) is 0 Å². The lowest BCUT2D eigenvalue weighted by molar-refractivity contribution is 0.104. The van der Waals surface area contributed by atoms with Gasteiger partial charge in [-0.25, -0.2) is 4.98 Å². The number of thiazole rings is 1. The van der Waals surface area contributed by atoms with Gasteiger partial charge >= 0.3 is 0 Å². The number of carbonyl (C=O) groups excluding carboxylic acids is 1. The Hall–Kier alpha value is -2.63. The molecule has 0 radical (unpaired) electrons. The number of ketones is 1. The summed E-state index contributed by atoms with van der Waals surface area (Å²) in [6.45, 7) is 2.04. The second kappa shape index (κ2) is 6.35. The molecule has 0 unspecified atom stereocenters. The van der Waals surface area contributed by atoms with E-state index in [4.69, 9.17) is 16.6 Å². The van der Waals surface area contributed by atoms with Gasteiger partial charge in [0.15, 0.2) is 4.96 Å². The minimum absolute atomic E-state index is 0.0750. The highest BCUT2D eigenvalue weighted by Crippen LogP contribution is 2.30. The molecule has 4 nitrogen and oxygen atoms in total. The molecule has 0 bridgehead atoms. The number of hydrogen-bond acceptors (Lipinski definition) is 3.